The van der Waals surface area contributed by atoms with Gasteiger partial charge < -0.3 is 10.1 Å². The van der Waals surface area contributed by atoms with E-state index in [0.29, 0.717) is 23.7 Å². The molecular formula is C13H20N2O3S. The first-order valence-corrected chi connectivity index (χ1v) is 7.79. The number of nitrogens with zero attached hydrogens (tertiary/aromatic N) is 1. The number of methoxy groups -OCH3 is 1. The summed E-state index contributed by atoms with van der Waals surface area (Å²) in [4.78, 5) is 0.314. The van der Waals surface area contributed by atoms with Crippen molar-refractivity contribution in [3.63, 3.8) is 0 Å². The second-order valence-electron chi connectivity index (χ2n) is 4.87. The molecule has 1 fully saturated rings. The van der Waals surface area contributed by atoms with Gasteiger partial charge >= 0.3 is 0 Å². The molecular weight excluding hydrogens is 264 g/mol. The van der Waals surface area contributed by atoms with Crippen LogP contribution in [0.3, 0.4) is 0 Å². The second kappa shape index (κ2) is 5.48. The lowest BCUT2D eigenvalue weighted by molar-refractivity contribution is 0.220. The van der Waals surface area contributed by atoms with Crippen LogP contribution in [0.2, 0.25) is 0 Å². The van der Waals surface area contributed by atoms with Gasteiger partial charge in [-0.25, -0.2) is 8.42 Å². The zero-order valence-corrected chi connectivity index (χ0v) is 12.3. The maximum atomic E-state index is 12.7. The van der Waals surface area contributed by atoms with Crippen LogP contribution in [0.4, 0.5) is 0 Å². The first kappa shape index (κ1) is 14.3. The van der Waals surface area contributed by atoms with E-state index in [2.05, 4.69) is 5.32 Å². The zero-order valence-electron chi connectivity index (χ0n) is 11.5. The number of hydrogen-bond donors (Lipinski definition) is 1. The third kappa shape index (κ3) is 2.75. The van der Waals surface area contributed by atoms with Gasteiger partial charge in [0, 0.05) is 25.2 Å². The normalized spacial score (nSPS) is 25.2. The van der Waals surface area contributed by atoms with E-state index >= 15 is 0 Å². The molecule has 0 radical (unpaired) electrons. The summed E-state index contributed by atoms with van der Waals surface area (Å²) in [5.41, 5.74) is 0. The molecule has 2 atom stereocenters. The van der Waals surface area contributed by atoms with Crippen LogP contribution in [0.1, 0.15) is 13.8 Å². The molecule has 1 saturated heterocycles. The summed E-state index contributed by atoms with van der Waals surface area (Å²) in [5, 5.41) is 3.23. The Morgan fingerprint density at radius 1 is 1.16 bits per heavy atom. The van der Waals surface area contributed by atoms with Crippen LogP contribution in [0.5, 0.6) is 5.75 Å². The van der Waals surface area contributed by atoms with Gasteiger partial charge in [0.05, 0.1) is 12.0 Å². The molecule has 0 amide bonds. The molecule has 0 spiro atoms. The summed E-state index contributed by atoms with van der Waals surface area (Å²) in [7, 11) is -1.89. The monoisotopic (exact) mass is 284 g/mol. The van der Waals surface area contributed by atoms with Crippen molar-refractivity contribution in [2.75, 3.05) is 20.2 Å². The molecule has 5 nitrogen and oxygen atoms in total. The molecule has 0 bridgehead atoms. The minimum Gasteiger partial charge on any atom is -0.497 e. The van der Waals surface area contributed by atoms with E-state index < -0.39 is 10.0 Å². The highest BCUT2D eigenvalue weighted by Crippen LogP contribution is 2.24. The number of rotatable bonds is 3. The number of sulfonamides is 1. The van der Waals surface area contributed by atoms with Gasteiger partial charge in [-0.1, -0.05) is 0 Å². The fourth-order valence-electron chi connectivity index (χ4n) is 2.46. The third-order valence-electron chi connectivity index (χ3n) is 3.38. The van der Waals surface area contributed by atoms with Crippen LogP contribution in [0.25, 0.3) is 0 Å². The Bertz CT molecular complexity index is 517. The van der Waals surface area contributed by atoms with Gasteiger partial charge in [-0.15, -0.1) is 0 Å². The average Bonchev–Trinajstić information content (AvgIpc) is 2.38. The lowest BCUT2D eigenvalue weighted by Gasteiger charge is -2.38. The summed E-state index contributed by atoms with van der Waals surface area (Å²) < 4.78 is 32.0. The molecule has 1 aromatic rings. The van der Waals surface area contributed by atoms with E-state index in [9.17, 15) is 8.42 Å². The lowest BCUT2D eigenvalue weighted by atomic mass is 10.2. The Balaban J connectivity index is 2.34. The first-order valence-electron chi connectivity index (χ1n) is 6.35. The van der Waals surface area contributed by atoms with Crippen molar-refractivity contribution in [2.24, 2.45) is 0 Å². The maximum Gasteiger partial charge on any atom is 0.243 e. The van der Waals surface area contributed by atoms with E-state index in [1.54, 1.807) is 35.7 Å². The van der Waals surface area contributed by atoms with Crippen LogP contribution >= 0.6 is 0 Å². The highest BCUT2D eigenvalue weighted by molar-refractivity contribution is 7.89. The minimum absolute atomic E-state index is 0.0455. The second-order valence-corrected chi connectivity index (χ2v) is 6.71. The molecule has 0 aliphatic carbocycles. The van der Waals surface area contributed by atoms with Gasteiger partial charge in [0.2, 0.25) is 10.0 Å². The summed E-state index contributed by atoms with van der Waals surface area (Å²) in [5.74, 6) is 0.653. The number of ether oxygens (including phenoxy) is 1. The lowest BCUT2D eigenvalue weighted by Crippen LogP contribution is -2.57. The van der Waals surface area contributed by atoms with Crippen molar-refractivity contribution in [3.8, 4) is 5.75 Å². The van der Waals surface area contributed by atoms with Gasteiger partial charge in [-0.3, -0.25) is 0 Å². The van der Waals surface area contributed by atoms with Crippen LogP contribution < -0.4 is 10.1 Å². The molecule has 2 unspecified atom stereocenters. The van der Waals surface area contributed by atoms with Crippen molar-refractivity contribution < 1.29 is 13.2 Å². The van der Waals surface area contributed by atoms with E-state index in [-0.39, 0.29) is 12.1 Å². The zero-order chi connectivity index (χ0) is 14.0. The molecule has 2 rings (SSSR count). The third-order valence-corrected chi connectivity index (χ3v) is 5.53. The molecule has 6 heteroatoms. The molecule has 1 aromatic carbocycles. The SMILES string of the molecule is COc1ccc(S(=O)(=O)N2C(C)CNCC2C)cc1. The van der Waals surface area contributed by atoms with Gasteiger partial charge in [-0.05, 0) is 38.1 Å². The number of nitrogens with one attached hydrogen (secondary N) is 1. The molecule has 19 heavy (non-hydrogen) atoms. The summed E-state index contributed by atoms with van der Waals surface area (Å²) in [6.07, 6.45) is 0. The minimum atomic E-state index is -3.45. The van der Waals surface area contributed by atoms with E-state index in [1.165, 1.54) is 0 Å². The van der Waals surface area contributed by atoms with E-state index in [4.69, 9.17) is 4.74 Å². The van der Waals surface area contributed by atoms with E-state index in [0.717, 1.165) is 0 Å². The fourth-order valence-corrected chi connectivity index (χ4v) is 4.28. The number of benzene rings is 1. The van der Waals surface area contributed by atoms with Crippen molar-refractivity contribution in [1.82, 2.24) is 9.62 Å². The molecule has 106 valence electrons. The summed E-state index contributed by atoms with van der Waals surface area (Å²) in [6, 6.07) is 6.44. The number of piperazine rings is 1. The average molecular weight is 284 g/mol. The molecule has 0 saturated carbocycles. The largest absolute Gasteiger partial charge is 0.497 e. The van der Waals surface area contributed by atoms with Gasteiger partial charge in [-0.2, -0.15) is 4.31 Å². The summed E-state index contributed by atoms with van der Waals surface area (Å²) >= 11 is 0. The highest BCUT2D eigenvalue weighted by Gasteiger charge is 2.35. The Labute approximate surface area is 114 Å². The standard InChI is InChI=1S/C13H20N2O3S/c1-10-8-14-9-11(2)15(10)19(16,17)13-6-4-12(18-3)5-7-13/h4-7,10-11,14H,8-9H2,1-3H3. The number of hydrogen-bond acceptors (Lipinski definition) is 4. The smallest absolute Gasteiger partial charge is 0.243 e. The fraction of sp³-hybridized carbons (Fsp3) is 0.538. The predicted molar refractivity (Wildman–Crippen MR) is 73.8 cm³/mol. The van der Waals surface area contributed by atoms with Gasteiger partial charge in [0.25, 0.3) is 0 Å². The molecule has 1 N–H and O–H groups in total. The van der Waals surface area contributed by atoms with Crippen LogP contribution in [-0.2, 0) is 10.0 Å². The Kier molecular flexibility index (Phi) is 4.13. The van der Waals surface area contributed by atoms with Crippen molar-refractivity contribution in [1.29, 1.82) is 0 Å². The van der Waals surface area contributed by atoms with E-state index in [1.807, 2.05) is 13.8 Å². The Morgan fingerprint density at radius 3 is 2.16 bits per heavy atom. The van der Waals surface area contributed by atoms with Crippen molar-refractivity contribution in [2.45, 2.75) is 30.8 Å². The molecule has 1 aliphatic heterocycles. The molecule has 0 aromatic heterocycles. The van der Waals surface area contributed by atoms with Crippen LogP contribution in [0.15, 0.2) is 29.2 Å². The van der Waals surface area contributed by atoms with Gasteiger partial charge in [0.1, 0.15) is 5.75 Å². The van der Waals surface area contributed by atoms with Crippen molar-refractivity contribution >= 4 is 10.0 Å². The van der Waals surface area contributed by atoms with Crippen molar-refractivity contribution in [3.05, 3.63) is 24.3 Å². The highest BCUT2D eigenvalue weighted by atomic mass is 32.2. The maximum absolute atomic E-state index is 12.7. The first-order chi connectivity index (χ1) is 8.96. The van der Waals surface area contributed by atoms with Gasteiger partial charge in [0.15, 0.2) is 0 Å². The Hall–Kier alpha value is -1.11. The topological polar surface area (TPSA) is 58.6 Å². The van der Waals surface area contributed by atoms with Crippen LogP contribution in [-0.4, -0.2) is 45.0 Å². The molecule has 1 heterocycles. The van der Waals surface area contributed by atoms with Crippen LogP contribution in [0, 0.1) is 0 Å². The summed E-state index contributed by atoms with van der Waals surface area (Å²) in [6.45, 7) is 5.20. The Morgan fingerprint density at radius 2 is 1.68 bits per heavy atom. The quantitative estimate of drug-likeness (QED) is 0.902. The predicted octanol–water partition coefficient (Wildman–Crippen LogP) is 1.07. The molecule has 1 aliphatic rings.